The molecule has 0 aliphatic carbocycles. The van der Waals surface area contributed by atoms with Crippen LogP contribution in [-0.4, -0.2) is 39.6 Å². The van der Waals surface area contributed by atoms with E-state index in [0.29, 0.717) is 19.0 Å². The second-order valence-corrected chi connectivity index (χ2v) is 3.80. The van der Waals surface area contributed by atoms with E-state index in [1.54, 1.807) is 22.7 Å². The fraction of sp³-hybridized carbons (Fsp3) is 0.500. The Balaban J connectivity index is 2.19. The number of amides is 1. The molecule has 86 valence electrons. The first kappa shape index (κ1) is 10.7. The number of aryl methyl sites for hydroxylation is 2. The molecule has 2 heterocycles. The second kappa shape index (κ2) is 3.96. The van der Waals surface area contributed by atoms with Crippen molar-refractivity contribution in [1.29, 1.82) is 0 Å². The molecular formula is C10H15N5O. The highest BCUT2D eigenvalue weighted by Crippen LogP contribution is 2.14. The number of carbonyl (C=O) groups excluding carboxylic acids is 1. The number of nitrogens with zero attached hydrogens (tertiary/aromatic N) is 4. The lowest BCUT2D eigenvalue weighted by Crippen LogP contribution is -2.37. The van der Waals surface area contributed by atoms with Gasteiger partial charge in [0.2, 0.25) is 11.9 Å². The number of hydrogen-bond acceptors (Lipinski definition) is 4. The van der Waals surface area contributed by atoms with E-state index in [0.717, 1.165) is 11.4 Å². The summed E-state index contributed by atoms with van der Waals surface area (Å²) < 4.78 is 1.73. The zero-order valence-corrected chi connectivity index (χ0v) is 9.69. The van der Waals surface area contributed by atoms with Crippen LogP contribution in [0.5, 0.6) is 0 Å². The molecule has 1 aliphatic heterocycles. The predicted molar refractivity (Wildman–Crippen MR) is 61.3 cm³/mol. The number of guanidine groups is 1. The summed E-state index contributed by atoms with van der Waals surface area (Å²) in [5, 5.41) is 7.27. The van der Waals surface area contributed by atoms with Crippen LogP contribution in [0.3, 0.4) is 0 Å². The first-order chi connectivity index (χ1) is 7.59. The molecule has 1 aromatic rings. The Morgan fingerprint density at radius 1 is 1.56 bits per heavy atom. The minimum atomic E-state index is 0.00331. The summed E-state index contributed by atoms with van der Waals surface area (Å²) >= 11 is 0. The van der Waals surface area contributed by atoms with Crippen LogP contribution >= 0.6 is 0 Å². The largest absolute Gasteiger partial charge is 0.310 e. The molecule has 1 amide bonds. The molecule has 0 radical (unpaired) electrons. The van der Waals surface area contributed by atoms with Gasteiger partial charge in [-0.25, -0.2) is 0 Å². The standard InChI is InChI=1S/C10H15N5O/c1-7-6-12-14(3)9(7)13-10-11-4-5-15(10)8(2)16/h6H,4-5H2,1-3H3,(H,11,13). The first-order valence-corrected chi connectivity index (χ1v) is 5.18. The monoisotopic (exact) mass is 221 g/mol. The Morgan fingerprint density at radius 2 is 2.31 bits per heavy atom. The van der Waals surface area contributed by atoms with Crippen molar-refractivity contribution < 1.29 is 4.79 Å². The summed E-state index contributed by atoms with van der Waals surface area (Å²) in [5.74, 6) is 1.48. The molecule has 0 atom stereocenters. The van der Waals surface area contributed by atoms with Crippen LogP contribution in [0, 0.1) is 6.92 Å². The summed E-state index contributed by atoms with van der Waals surface area (Å²) in [7, 11) is 1.85. The van der Waals surface area contributed by atoms with Crippen LogP contribution in [0.1, 0.15) is 12.5 Å². The lowest BCUT2D eigenvalue weighted by molar-refractivity contribution is -0.124. The topological polar surface area (TPSA) is 62.5 Å². The number of hydrogen-bond donors (Lipinski definition) is 1. The zero-order valence-electron chi connectivity index (χ0n) is 9.69. The van der Waals surface area contributed by atoms with Crippen molar-refractivity contribution in [3.8, 4) is 0 Å². The van der Waals surface area contributed by atoms with Crippen molar-refractivity contribution in [3.05, 3.63) is 11.8 Å². The molecule has 1 N–H and O–H groups in total. The Morgan fingerprint density at radius 3 is 2.88 bits per heavy atom. The third-order valence-electron chi connectivity index (χ3n) is 2.57. The average Bonchev–Trinajstić information content (AvgIpc) is 2.80. The summed E-state index contributed by atoms with van der Waals surface area (Å²) in [4.78, 5) is 17.2. The van der Waals surface area contributed by atoms with Crippen molar-refractivity contribution in [2.24, 2.45) is 12.0 Å². The van der Waals surface area contributed by atoms with Gasteiger partial charge in [0.1, 0.15) is 5.82 Å². The smallest absolute Gasteiger partial charge is 0.226 e. The zero-order chi connectivity index (χ0) is 11.7. The van der Waals surface area contributed by atoms with Gasteiger partial charge >= 0.3 is 0 Å². The molecule has 0 saturated carbocycles. The quantitative estimate of drug-likeness (QED) is 0.744. The summed E-state index contributed by atoms with van der Waals surface area (Å²) in [5.41, 5.74) is 1.03. The Bertz CT molecular complexity index is 429. The van der Waals surface area contributed by atoms with E-state index in [9.17, 15) is 4.79 Å². The van der Waals surface area contributed by atoms with E-state index >= 15 is 0 Å². The highest BCUT2D eigenvalue weighted by Gasteiger charge is 2.21. The van der Waals surface area contributed by atoms with Gasteiger partial charge in [0.15, 0.2) is 0 Å². The van der Waals surface area contributed by atoms with Crippen LogP contribution < -0.4 is 5.32 Å². The van der Waals surface area contributed by atoms with Gasteiger partial charge in [-0.15, -0.1) is 0 Å². The van der Waals surface area contributed by atoms with Crippen LogP contribution in [0.4, 0.5) is 5.82 Å². The fourth-order valence-corrected chi connectivity index (χ4v) is 1.69. The van der Waals surface area contributed by atoms with E-state index in [1.165, 1.54) is 0 Å². The molecule has 16 heavy (non-hydrogen) atoms. The minimum absolute atomic E-state index is 0.00331. The average molecular weight is 221 g/mol. The Labute approximate surface area is 94.0 Å². The normalized spacial score (nSPS) is 15.2. The molecule has 6 heteroatoms. The number of aromatic nitrogens is 2. The molecular weight excluding hydrogens is 206 g/mol. The number of rotatable bonds is 1. The molecule has 6 nitrogen and oxygen atoms in total. The van der Waals surface area contributed by atoms with Crippen LogP contribution in [0.2, 0.25) is 0 Å². The second-order valence-electron chi connectivity index (χ2n) is 3.80. The van der Waals surface area contributed by atoms with E-state index in [1.807, 2.05) is 14.0 Å². The van der Waals surface area contributed by atoms with Gasteiger partial charge in [0.05, 0.1) is 12.7 Å². The van der Waals surface area contributed by atoms with E-state index in [4.69, 9.17) is 0 Å². The van der Waals surface area contributed by atoms with Crippen molar-refractivity contribution >= 4 is 17.7 Å². The SMILES string of the molecule is CC(=O)N1CCN=C1Nc1c(C)cnn1C. The van der Waals surface area contributed by atoms with E-state index in [2.05, 4.69) is 15.4 Å². The maximum absolute atomic E-state index is 11.3. The molecule has 0 fully saturated rings. The molecule has 0 aromatic carbocycles. The number of nitrogens with one attached hydrogen (secondary N) is 1. The summed E-state index contributed by atoms with van der Waals surface area (Å²) in [6, 6.07) is 0. The third kappa shape index (κ3) is 1.78. The van der Waals surface area contributed by atoms with Gasteiger partial charge in [-0.05, 0) is 6.92 Å². The highest BCUT2D eigenvalue weighted by atomic mass is 16.2. The molecule has 1 aromatic heterocycles. The van der Waals surface area contributed by atoms with E-state index < -0.39 is 0 Å². The Hall–Kier alpha value is -1.85. The lowest BCUT2D eigenvalue weighted by atomic mass is 10.4. The van der Waals surface area contributed by atoms with Gasteiger partial charge in [-0.2, -0.15) is 5.10 Å². The lowest BCUT2D eigenvalue weighted by Gasteiger charge is -2.17. The van der Waals surface area contributed by atoms with Gasteiger partial charge in [-0.3, -0.25) is 19.4 Å². The number of anilines is 1. The van der Waals surface area contributed by atoms with E-state index in [-0.39, 0.29) is 5.91 Å². The van der Waals surface area contributed by atoms with Crippen molar-refractivity contribution in [1.82, 2.24) is 14.7 Å². The van der Waals surface area contributed by atoms with Crippen molar-refractivity contribution in [3.63, 3.8) is 0 Å². The summed E-state index contributed by atoms with van der Waals surface area (Å²) in [6.45, 7) is 4.80. The van der Waals surface area contributed by atoms with Gasteiger partial charge < -0.3 is 5.32 Å². The third-order valence-corrected chi connectivity index (χ3v) is 2.57. The number of aliphatic imine (C=N–C) groups is 1. The molecule has 0 spiro atoms. The van der Waals surface area contributed by atoms with Crippen LogP contribution in [0.25, 0.3) is 0 Å². The minimum Gasteiger partial charge on any atom is -0.310 e. The summed E-state index contributed by atoms with van der Waals surface area (Å²) in [6.07, 6.45) is 1.77. The maximum Gasteiger partial charge on any atom is 0.226 e. The van der Waals surface area contributed by atoms with Crippen LogP contribution in [0.15, 0.2) is 11.2 Å². The maximum atomic E-state index is 11.3. The molecule has 0 bridgehead atoms. The molecule has 1 aliphatic rings. The molecule has 0 unspecified atom stereocenters. The first-order valence-electron chi connectivity index (χ1n) is 5.18. The van der Waals surface area contributed by atoms with Crippen molar-refractivity contribution in [2.75, 3.05) is 18.4 Å². The van der Waals surface area contributed by atoms with Gasteiger partial charge in [-0.1, -0.05) is 0 Å². The van der Waals surface area contributed by atoms with Gasteiger partial charge in [0, 0.05) is 26.1 Å². The number of carbonyl (C=O) groups is 1. The highest BCUT2D eigenvalue weighted by molar-refractivity contribution is 6.04. The Kier molecular flexibility index (Phi) is 2.64. The van der Waals surface area contributed by atoms with Crippen molar-refractivity contribution in [2.45, 2.75) is 13.8 Å². The molecule has 0 saturated heterocycles. The van der Waals surface area contributed by atoms with Crippen LogP contribution in [-0.2, 0) is 11.8 Å². The predicted octanol–water partition coefficient (Wildman–Crippen LogP) is 0.359. The fourth-order valence-electron chi connectivity index (χ4n) is 1.69. The van der Waals surface area contributed by atoms with Gasteiger partial charge in [0.25, 0.3) is 0 Å². The molecule has 2 rings (SSSR count).